The Kier molecular flexibility index (Phi) is 7.68. The normalized spacial score (nSPS) is 14.7. The number of aryl methyl sites for hydroxylation is 2. The van der Waals surface area contributed by atoms with Crippen LogP contribution in [0.3, 0.4) is 0 Å². The molecule has 1 aliphatic carbocycles. The Morgan fingerprint density at radius 2 is 2.03 bits per heavy atom. The molecule has 0 radical (unpaired) electrons. The average molecular weight is 517 g/mol. The summed E-state index contributed by atoms with van der Waals surface area (Å²) in [5.41, 5.74) is 6.72. The number of carbonyl (C=O) groups is 1. The Hall–Kier alpha value is -2.77. The third-order valence-electron chi connectivity index (χ3n) is 7.03. The van der Waals surface area contributed by atoms with Crippen LogP contribution < -0.4 is 10.6 Å². The number of carbonyl (C=O) groups excluding carboxylic acids is 1. The van der Waals surface area contributed by atoms with Crippen LogP contribution in [0.25, 0.3) is 21.8 Å². The minimum atomic E-state index is -0.0591. The van der Waals surface area contributed by atoms with Crippen molar-refractivity contribution < 1.29 is 4.79 Å². The molecule has 5 rings (SSSR count). The Labute approximate surface area is 222 Å². The Balaban J connectivity index is 1.24. The average Bonchev–Trinajstić information content (AvgIpc) is 3.29. The number of benzene rings is 2. The second kappa shape index (κ2) is 11.1. The van der Waals surface area contributed by atoms with Crippen LogP contribution >= 0.6 is 23.7 Å². The summed E-state index contributed by atoms with van der Waals surface area (Å²) in [6.07, 6.45) is 9.93. The molecule has 1 amide bonds. The van der Waals surface area contributed by atoms with Crippen molar-refractivity contribution in [1.29, 1.82) is 0 Å². The zero-order valence-corrected chi connectivity index (χ0v) is 22.0. The first-order valence-corrected chi connectivity index (χ1v) is 13.5. The molecule has 0 spiro atoms. The molecular formula is C28H30BClN4OS. The molecule has 36 heavy (non-hydrogen) atoms. The zero-order chi connectivity index (χ0) is 25.1. The van der Waals surface area contributed by atoms with Gasteiger partial charge in [0.2, 0.25) is 0 Å². The van der Waals surface area contributed by atoms with Crippen LogP contribution in [0.15, 0.2) is 48.7 Å². The second-order valence-corrected chi connectivity index (χ2v) is 10.4. The number of rotatable bonds is 9. The number of H-pyrrole nitrogens is 1. The molecule has 2 heterocycles. The first-order valence-electron chi connectivity index (χ1n) is 12.7. The van der Waals surface area contributed by atoms with Crippen molar-refractivity contribution in [2.45, 2.75) is 63.9 Å². The number of nitrogens with one attached hydrogen (secondary N) is 3. The molecule has 0 fully saturated rings. The Bertz CT molecular complexity index is 1420. The van der Waals surface area contributed by atoms with Gasteiger partial charge in [-0.2, -0.15) is 0 Å². The van der Waals surface area contributed by atoms with Crippen molar-refractivity contribution in [2.75, 3.05) is 5.32 Å². The van der Waals surface area contributed by atoms with Crippen molar-refractivity contribution >= 4 is 63.2 Å². The van der Waals surface area contributed by atoms with Gasteiger partial charge < -0.3 is 0 Å². The molecule has 0 saturated heterocycles. The number of nitrogens with zero attached hydrogens (tertiary/aromatic N) is 1. The number of aromatic nitrogens is 2. The molecule has 3 N–H and O–H groups in total. The van der Waals surface area contributed by atoms with E-state index in [0.717, 1.165) is 53.5 Å². The predicted molar refractivity (Wildman–Crippen MR) is 153 cm³/mol. The number of halogens is 1. The number of amides is 1. The first kappa shape index (κ1) is 24.9. The molecule has 2 aromatic carbocycles. The summed E-state index contributed by atoms with van der Waals surface area (Å²) in [5.74, 6) is -0.00602. The monoisotopic (exact) mass is 516 g/mol. The van der Waals surface area contributed by atoms with Gasteiger partial charge in [-0.25, -0.2) is 0 Å². The van der Waals surface area contributed by atoms with E-state index in [1.807, 2.05) is 43.5 Å². The van der Waals surface area contributed by atoms with Crippen LogP contribution in [0.1, 0.15) is 49.4 Å². The maximum atomic E-state index is 12.7. The Morgan fingerprint density at radius 1 is 1.19 bits per heavy atom. The molecule has 2 atom stereocenters. The number of para-hydroxylation sites is 1. The fourth-order valence-corrected chi connectivity index (χ4v) is 5.62. The van der Waals surface area contributed by atoms with Gasteiger partial charge >= 0.3 is 223 Å². The number of aromatic amines is 1. The molecular weight excluding hydrogens is 487 g/mol. The van der Waals surface area contributed by atoms with Crippen LogP contribution in [-0.4, -0.2) is 34.0 Å². The molecule has 0 aliphatic heterocycles. The molecule has 0 saturated carbocycles. The summed E-state index contributed by atoms with van der Waals surface area (Å²) in [5, 5.41) is 9.79. The van der Waals surface area contributed by atoms with E-state index in [1.54, 1.807) is 6.15 Å². The van der Waals surface area contributed by atoms with Gasteiger partial charge in [0.15, 0.2) is 0 Å². The van der Waals surface area contributed by atoms with Crippen LogP contribution in [0, 0.1) is 0 Å². The third-order valence-corrected chi connectivity index (χ3v) is 7.59. The van der Waals surface area contributed by atoms with Gasteiger partial charge in [-0.1, -0.05) is 0 Å². The molecule has 0 bridgehead atoms. The van der Waals surface area contributed by atoms with Gasteiger partial charge in [-0.15, -0.1) is 0 Å². The molecule has 184 valence electrons. The zero-order valence-electron chi connectivity index (χ0n) is 20.4. The van der Waals surface area contributed by atoms with Crippen molar-refractivity contribution in [3.8, 4) is 0 Å². The predicted octanol–water partition coefficient (Wildman–Crippen LogP) is 6.33. The van der Waals surface area contributed by atoms with E-state index in [2.05, 4.69) is 27.8 Å². The number of fused-ring (bicyclic) bond motifs is 3. The topological polar surface area (TPSA) is 69.8 Å². The summed E-state index contributed by atoms with van der Waals surface area (Å²) in [7, 11) is 0. The SMILES string of the molecule is CC(CC(B=S)Nc1c2c(nc3cc(Cl)ccc13)CCCC2)NC(=O)CCc1c[nH]c2ccccc12. The van der Waals surface area contributed by atoms with Gasteiger partial charge in [0.25, 0.3) is 0 Å². The summed E-state index contributed by atoms with van der Waals surface area (Å²) in [6.45, 7) is 2.04. The van der Waals surface area contributed by atoms with Gasteiger partial charge in [0.1, 0.15) is 0 Å². The maximum absolute atomic E-state index is 12.7. The van der Waals surface area contributed by atoms with Crippen molar-refractivity contribution in [3.05, 3.63) is 70.5 Å². The van der Waals surface area contributed by atoms with E-state index >= 15 is 0 Å². The van der Waals surface area contributed by atoms with Crippen molar-refractivity contribution in [2.24, 2.45) is 0 Å². The van der Waals surface area contributed by atoms with E-state index in [0.29, 0.717) is 24.3 Å². The fourth-order valence-electron chi connectivity index (χ4n) is 5.27. The number of anilines is 1. The standard InChI is InChI=1S/C28H30BClN4OS/c1-17(32-27(35)13-10-18-16-31-23-8-4-2-6-20(18)23)14-26(29-36)34-28-21-7-3-5-9-24(21)33-25-15-19(30)11-12-22(25)28/h2,4,6,8,11-12,15-17,26,31H,3,5,7,9-10,13-14H2,1H3,(H,32,35)(H,33,34). The van der Waals surface area contributed by atoms with Crippen LogP contribution in [0.5, 0.6) is 0 Å². The number of hydrogen-bond acceptors (Lipinski definition) is 4. The fraction of sp³-hybridized carbons (Fsp3) is 0.357. The number of pyridine rings is 1. The molecule has 2 unspecified atom stereocenters. The quantitative estimate of drug-likeness (QED) is 0.227. The molecule has 4 aromatic rings. The summed E-state index contributed by atoms with van der Waals surface area (Å²) in [6, 6.07) is 14.0. The van der Waals surface area contributed by atoms with Gasteiger partial charge in [0.05, 0.1) is 0 Å². The second-order valence-electron chi connectivity index (χ2n) is 9.73. The van der Waals surface area contributed by atoms with Gasteiger partial charge in [0, 0.05) is 0 Å². The molecule has 1 aliphatic rings. The molecule has 2 aromatic heterocycles. The van der Waals surface area contributed by atoms with Gasteiger partial charge in [-0.05, 0) is 0 Å². The minimum absolute atomic E-state index is 0.0180. The summed E-state index contributed by atoms with van der Waals surface area (Å²) in [4.78, 5) is 20.9. The van der Waals surface area contributed by atoms with Crippen molar-refractivity contribution in [1.82, 2.24) is 15.3 Å². The summed E-state index contributed by atoms with van der Waals surface area (Å²) < 4.78 is 0. The van der Waals surface area contributed by atoms with Crippen LogP contribution in [0.4, 0.5) is 5.69 Å². The van der Waals surface area contributed by atoms with Gasteiger partial charge in [-0.3, -0.25) is 0 Å². The number of hydrogen-bond donors (Lipinski definition) is 3. The van der Waals surface area contributed by atoms with Crippen LogP contribution in [0.2, 0.25) is 5.02 Å². The third kappa shape index (κ3) is 5.47. The first-order chi connectivity index (χ1) is 17.5. The van der Waals surface area contributed by atoms with E-state index < -0.39 is 0 Å². The Morgan fingerprint density at radius 3 is 2.89 bits per heavy atom. The van der Waals surface area contributed by atoms with E-state index in [1.165, 1.54) is 16.5 Å². The van der Waals surface area contributed by atoms with Crippen LogP contribution in [-0.2, 0) is 24.1 Å². The van der Waals surface area contributed by atoms with E-state index in [-0.39, 0.29) is 17.9 Å². The van der Waals surface area contributed by atoms with E-state index in [4.69, 9.17) is 28.6 Å². The van der Waals surface area contributed by atoms with E-state index in [9.17, 15) is 4.79 Å². The molecule has 5 nitrogen and oxygen atoms in total. The summed E-state index contributed by atoms with van der Waals surface area (Å²) >= 11 is 11.7. The van der Waals surface area contributed by atoms with Crippen molar-refractivity contribution in [3.63, 3.8) is 0 Å². The molecule has 8 heteroatoms.